The SMILES string of the molecule is c1ccc(-c2ccc(-c3cccc4ccccc34)cc2N(c2ccc(-c3cccc(-c4ccc5ccccc5c4)c3)cc2)c2ccc3oc4ccccc4c3c2)cc1. The highest BCUT2D eigenvalue weighted by Crippen LogP contribution is 2.45. The second-order valence-electron chi connectivity index (χ2n) is 14.9. The van der Waals surface area contributed by atoms with Crippen molar-refractivity contribution in [1.29, 1.82) is 0 Å². The summed E-state index contributed by atoms with van der Waals surface area (Å²) in [5, 5.41) is 7.15. The van der Waals surface area contributed by atoms with E-state index < -0.39 is 0 Å². The normalized spacial score (nSPS) is 11.4. The van der Waals surface area contributed by atoms with Crippen LogP contribution >= 0.6 is 0 Å². The summed E-state index contributed by atoms with van der Waals surface area (Å²) in [4.78, 5) is 2.41. The van der Waals surface area contributed by atoms with Crippen LogP contribution in [-0.2, 0) is 0 Å². The van der Waals surface area contributed by atoms with Crippen LogP contribution in [-0.4, -0.2) is 0 Å². The van der Waals surface area contributed by atoms with Crippen molar-refractivity contribution >= 4 is 60.5 Å². The highest BCUT2D eigenvalue weighted by Gasteiger charge is 2.21. The summed E-state index contributed by atoms with van der Waals surface area (Å²) in [6.07, 6.45) is 0. The Hall–Kier alpha value is -7.68. The standard InChI is InChI=1S/C56H37NO/c1-2-13-41(14-3-1)51-32-28-46(50-22-11-17-40-15-6-7-20-49(40)50)36-54(51)57(48-31-33-56-53(37-48)52-21-8-9-23-55(52)58-56)47-29-26-39(27-30-47)43-18-10-19-44(34-43)45-25-24-38-12-4-5-16-42(38)35-45/h1-37H. The summed E-state index contributed by atoms with van der Waals surface area (Å²) in [5.74, 6) is 0. The molecule has 1 aromatic heterocycles. The van der Waals surface area contributed by atoms with Crippen LogP contribution in [0.15, 0.2) is 229 Å². The molecule has 2 heteroatoms. The van der Waals surface area contributed by atoms with E-state index in [1.165, 1.54) is 43.8 Å². The maximum Gasteiger partial charge on any atom is 0.135 e. The molecule has 58 heavy (non-hydrogen) atoms. The number of nitrogens with zero attached hydrogens (tertiary/aromatic N) is 1. The van der Waals surface area contributed by atoms with Crippen LogP contribution in [0, 0.1) is 0 Å². The largest absolute Gasteiger partial charge is 0.456 e. The first kappa shape index (κ1) is 33.6. The van der Waals surface area contributed by atoms with Crippen LogP contribution in [0.4, 0.5) is 17.1 Å². The van der Waals surface area contributed by atoms with Gasteiger partial charge in [0.25, 0.3) is 0 Å². The van der Waals surface area contributed by atoms with Crippen LogP contribution in [0.25, 0.3) is 88.0 Å². The van der Waals surface area contributed by atoms with Crippen molar-refractivity contribution in [3.05, 3.63) is 224 Å². The van der Waals surface area contributed by atoms with Gasteiger partial charge in [-0.25, -0.2) is 0 Å². The minimum atomic E-state index is 0.874. The first-order chi connectivity index (χ1) is 28.7. The van der Waals surface area contributed by atoms with E-state index in [1.54, 1.807) is 0 Å². The summed E-state index contributed by atoms with van der Waals surface area (Å²) >= 11 is 0. The van der Waals surface area contributed by atoms with Gasteiger partial charge in [0.1, 0.15) is 11.2 Å². The number of anilines is 3. The molecular formula is C56H37NO. The number of rotatable bonds is 7. The van der Waals surface area contributed by atoms with Crippen LogP contribution in [0.5, 0.6) is 0 Å². The second kappa shape index (κ2) is 14.1. The topological polar surface area (TPSA) is 16.4 Å². The highest BCUT2D eigenvalue weighted by molar-refractivity contribution is 6.07. The number of fused-ring (bicyclic) bond motifs is 5. The smallest absolute Gasteiger partial charge is 0.135 e. The molecule has 11 rings (SSSR count). The van der Waals surface area contributed by atoms with Crippen LogP contribution in [0.3, 0.4) is 0 Å². The maximum atomic E-state index is 6.32. The molecule has 0 saturated carbocycles. The Kier molecular flexibility index (Phi) is 8.19. The molecule has 272 valence electrons. The Morgan fingerprint density at radius 2 is 0.879 bits per heavy atom. The second-order valence-corrected chi connectivity index (χ2v) is 14.9. The molecule has 0 radical (unpaired) electrons. The Balaban J connectivity index is 1.09. The first-order valence-electron chi connectivity index (χ1n) is 19.8. The fraction of sp³-hybridized carbons (Fsp3) is 0. The number of furan rings is 1. The molecule has 0 spiro atoms. The average molecular weight is 740 g/mol. The molecule has 1 heterocycles. The third kappa shape index (κ3) is 6.00. The first-order valence-corrected chi connectivity index (χ1v) is 19.8. The zero-order valence-electron chi connectivity index (χ0n) is 31.7. The lowest BCUT2D eigenvalue weighted by molar-refractivity contribution is 0.669. The molecule has 0 saturated heterocycles. The molecule has 2 nitrogen and oxygen atoms in total. The maximum absolute atomic E-state index is 6.32. The van der Waals surface area contributed by atoms with E-state index in [1.807, 2.05) is 12.1 Å². The lowest BCUT2D eigenvalue weighted by Gasteiger charge is -2.29. The van der Waals surface area contributed by atoms with Gasteiger partial charge in [0, 0.05) is 27.7 Å². The van der Waals surface area contributed by atoms with E-state index in [-0.39, 0.29) is 0 Å². The number of benzene rings is 10. The molecule has 0 amide bonds. The lowest BCUT2D eigenvalue weighted by atomic mass is 9.94. The Morgan fingerprint density at radius 1 is 0.276 bits per heavy atom. The lowest BCUT2D eigenvalue weighted by Crippen LogP contribution is -2.11. The summed E-state index contributed by atoms with van der Waals surface area (Å²) < 4.78 is 6.32. The monoisotopic (exact) mass is 739 g/mol. The predicted molar refractivity (Wildman–Crippen MR) is 245 cm³/mol. The molecule has 0 fully saturated rings. The zero-order valence-corrected chi connectivity index (χ0v) is 31.7. The summed E-state index contributed by atoms with van der Waals surface area (Å²) in [5.41, 5.74) is 14.4. The van der Waals surface area contributed by atoms with Gasteiger partial charge in [0.05, 0.1) is 5.69 Å². The van der Waals surface area contributed by atoms with Crippen molar-refractivity contribution in [3.63, 3.8) is 0 Å². The predicted octanol–water partition coefficient (Wildman–Crippen LogP) is 16.0. The summed E-state index contributed by atoms with van der Waals surface area (Å²) in [6.45, 7) is 0. The van der Waals surface area contributed by atoms with Crippen molar-refractivity contribution in [3.8, 4) is 44.5 Å². The molecule has 11 aromatic rings. The van der Waals surface area contributed by atoms with Gasteiger partial charge in [0.15, 0.2) is 0 Å². The van der Waals surface area contributed by atoms with Gasteiger partial charge < -0.3 is 9.32 Å². The minimum Gasteiger partial charge on any atom is -0.456 e. The molecule has 0 unspecified atom stereocenters. The summed E-state index contributed by atoms with van der Waals surface area (Å²) in [7, 11) is 0. The number of hydrogen-bond acceptors (Lipinski definition) is 2. The van der Waals surface area contributed by atoms with Gasteiger partial charge in [-0.15, -0.1) is 0 Å². The van der Waals surface area contributed by atoms with Gasteiger partial charge in [0.2, 0.25) is 0 Å². The molecule has 0 N–H and O–H groups in total. The van der Waals surface area contributed by atoms with Gasteiger partial charge in [-0.3, -0.25) is 0 Å². The molecule has 10 aromatic carbocycles. The zero-order chi connectivity index (χ0) is 38.4. The van der Waals surface area contributed by atoms with Crippen LogP contribution in [0.2, 0.25) is 0 Å². The van der Waals surface area contributed by atoms with Crippen molar-refractivity contribution < 1.29 is 4.42 Å². The average Bonchev–Trinajstić information content (AvgIpc) is 3.67. The van der Waals surface area contributed by atoms with E-state index in [0.29, 0.717) is 0 Å². The van der Waals surface area contributed by atoms with E-state index in [9.17, 15) is 0 Å². The van der Waals surface area contributed by atoms with E-state index in [0.717, 1.165) is 61.3 Å². The Labute approximate surface area is 337 Å². The number of para-hydroxylation sites is 1. The third-order valence-electron chi connectivity index (χ3n) is 11.4. The van der Waals surface area contributed by atoms with Crippen LogP contribution < -0.4 is 4.90 Å². The Bertz CT molecular complexity index is 3280. The van der Waals surface area contributed by atoms with Gasteiger partial charge in [-0.05, 0) is 115 Å². The van der Waals surface area contributed by atoms with Crippen LogP contribution in [0.1, 0.15) is 0 Å². The van der Waals surface area contributed by atoms with Crippen molar-refractivity contribution in [2.75, 3.05) is 4.90 Å². The fourth-order valence-electron chi connectivity index (χ4n) is 8.55. The summed E-state index contributed by atoms with van der Waals surface area (Å²) in [6, 6.07) is 80.9. The fourth-order valence-corrected chi connectivity index (χ4v) is 8.55. The van der Waals surface area contributed by atoms with Crippen molar-refractivity contribution in [2.45, 2.75) is 0 Å². The van der Waals surface area contributed by atoms with E-state index in [2.05, 4.69) is 217 Å². The molecule has 0 atom stereocenters. The van der Waals surface area contributed by atoms with Gasteiger partial charge in [-0.1, -0.05) is 170 Å². The van der Waals surface area contributed by atoms with E-state index in [4.69, 9.17) is 4.42 Å². The molecular weight excluding hydrogens is 703 g/mol. The third-order valence-corrected chi connectivity index (χ3v) is 11.4. The van der Waals surface area contributed by atoms with Gasteiger partial charge >= 0.3 is 0 Å². The highest BCUT2D eigenvalue weighted by atomic mass is 16.3. The molecule has 0 aliphatic rings. The number of hydrogen-bond donors (Lipinski definition) is 0. The van der Waals surface area contributed by atoms with Crippen molar-refractivity contribution in [1.82, 2.24) is 0 Å². The van der Waals surface area contributed by atoms with Gasteiger partial charge in [-0.2, -0.15) is 0 Å². The Morgan fingerprint density at radius 3 is 1.74 bits per heavy atom. The molecule has 0 bridgehead atoms. The van der Waals surface area contributed by atoms with E-state index >= 15 is 0 Å². The minimum absolute atomic E-state index is 0.874. The van der Waals surface area contributed by atoms with Crippen molar-refractivity contribution in [2.24, 2.45) is 0 Å². The quantitative estimate of drug-likeness (QED) is 0.162. The molecule has 0 aliphatic heterocycles. The molecule has 0 aliphatic carbocycles.